The summed E-state index contributed by atoms with van der Waals surface area (Å²) < 4.78 is 5.97. The van der Waals surface area contributed by atoms with Gasteiger partial charge in [0.15, 0.2) is 5.78 Å². The highest BCUT2D eigenvalue weighted by Gasteiger charge is 2.53. The summed E-state index contributed by atoms with van der Waals surface area (Å²) in [4.78, 5) is 14.6. The zero-order chi connectivity index (χ0) is 15.1. The van der Waals surface area contributed by atoms with Crippen LogP contribution in [0.5, 0.6) is 0 Å². The molecule has 0 N–H and O–H groups in total. The fourth-order valence-corrected chi connectivity index (χ4v) is 3.35. The predicted molar refractivity (Wildman–Crippen MR) is 81.7 cm³/mol. The van der Waals surface area contributed by atoms with Crippen LogP contribution in [0.4, 0.5) is 0 Å². The minimum atomic E-state index is 0.0203. The summed E-state index contributed by atoms with van der Waals surface area (Å²) in [6, 6.07) is 0.287. The van der Waals surface area contributed by atoms with Gasteiger partial charge in [-0.25, -0.2) is 0 Å². The predicted octanol–water partition coefficient (Wildman–Crippen LogP) is 3.05. The number of nitrogens with zero attached hydrogens (tertiary/aromatic N) is 1. The number of ketones is 1. The summed E-state index contributed by atoms with van der Waals surface area (Å²) in [6.45, 7) is 8.64. The lowest BCUT2D eigenvalue weighted by Crippen LogP contribution is -2.38. The number of rotatable bonds is 1. The van der Waals surface area contributed by atoms with Crippen LogP contribution in [0.25, 0.3) is 0 Å². The first-order valence-electron chi connectivity index (χ1n) is 7.72. The average Bonchev–Trinajstić information content (AvgIpc) is 2.94. The lowest BCUT2D eigenvalue weighted by Gasteiger charge is -2.29. The zero-order valence-electron chi connectivity index (χ0n) is 13.8. The van der Waals surface area contributed by atoms with E-state index in [0.717, 1.165) is 19.3 Å². The Hall–Kier alpha value is -0.670. The molecule has 0 unspecified atom stereocenters. The summed E-state index contributed by atoms with van der Waals surface area (Å²) in [7, 11) is 4.13. The molecule has 1 aliphatic heterocycles. The molecule has 2 rings (SSSR count). The molecular formula is C17H29NO2. The van der Waals surface area contributed by atoms with Crippen molar-refractivity contribution in [2.45, 2.75) is 64.7 Å². The highest BCUT2D eigenvalue weighted by Crippen LogP contribution is 2.47. The van der Waals surface area contributed by atoms with Gasteiger partial charge in [0.25, 0.3) is 0 Å². The van der Waals surface area contributed by atoms with Crippen molar-refractivity contribution in [3.63, 3.8) is 0 Å². The third-order valence-corrected chi connectivity index (χ3v) is 5.07. The molecule has 1 heterocycles. The molecule has 20 heavy (non-hydrogen) atoms. The van der Waals surface area contributed by atoms with E-state index >= 15 is 0 Å². The van der Waals surface area contributed by atoms with E-state index in [-0.39, 0.29) is 28.8 Å². The van der Waals surface area contributed by atoms with Gasteiger partial charge in [0.2, 0.25) is 0 Å². The van der Waals surface area contributed by atoms with E-state index < -0.39 is 0 Å². The Labute approximate surface area is 123 Å². The van der Waals surface area contributed by atoms with Gasteiger partial charge < -0.3 is 9.64 Å². The van der Waals surface area contributed by atoms with Crippen molar-refractivity contribution in [2.24, 2.45) is 11.3 Å². The average molecular weight is 279 g/mol. The second-order valence-electron chi connectivity index (χ2n) is 7.71. The van der Waals surface area contributed by atoms with Crippen LogP contribution in [0.3, 0.4) is 0 Å². The molecule has 0 aromatic carbocycles. The molecule has 1 fully saturated rings. The van der Waals surface area contributed by atoms with Gasteiger partial charge in [-0.2, -0.15) is 0 Å². The Kier molecular flexibility index (Phi) is 4.14. The molecule has 2 aliphatic rings. The smallest absolute Gasteiger partial charge is 0.159 e. The van der Waals surface area contributed by atoms with Crippen molar-refractivity contribution in [3.8, 4) is 0 Å². The second-order valence-corrected chi connectivity index (χ2v) is 7.71. The fraction of sp³-hybridized carbons (Fsp3) is 0.824. The van der Waals surface area contributed by atoms with Crippen LogP contribution in [0, 0.1) is 11.3 Å². The molecule has 0 saturated carbocycles. The van der Waals surface area contributed by atoms with Crippen molar-refractivity contribution >= 4 is 5.78 Å². The van der Waals surface area contributed by atoms with E-state index in [0.29, 0.717) is 6.10 Å². The van der Waals surface area contributed by atoms with Gasteiger partial charge in [-0.3, -0.25) is 4.79 Å². The SMILES string of the molecule is C[C@H]1C(=O)/C=C/C(C)(C)C[C@H]2O[C@]2(C)CC[C@H]1N(C)C. The first-order valence-corrected chi connectivity index (χ1v) is 7.72. The van der Waals surface area contributed by atoms with Crippen LogP contribution in [-0.4, -0.2) is 42.5 Å². The second kappa shape index (κ2) is 5.27. The summed E-state index contributed by atoms with van der Waals surface area (Å²) in [5.74, 6) is 0.286. The van der Waals surface area contributed by atoms with E-state index in [1.807, 2.05) is 0 Å². The van der Waals surface area contributed by atoms with Crippen LogP contribution in [-0.2, 0) is 9.53 Å². The number of carbonyl (C=O) groups excluding carboxylic acids is 1. The first kappa shape index (κ1) is 15.7. The number of hydrogen-bond donors (Lipinski definition) is 0. The Morgan fingerprint density at radius 1 is 1.30 bits per heavy atom. The number of allylic oxidation sites excluding steroid dienone is 2. The summed E-state index contributed by atoms with van der Waals surface area (Å²) >= 11 is 0. The molecule has 0 spiro atoms. The monoisotopic (exact) mass is 279 g/mol. The molecule has 0 aromatic rings. The number of hydrogen-bond acceptors (Lipinski definition) is 3. The van der Waals surface area contributed by atoms with Crippen LogP contribution < -0.4 is 0 Å². The Bertz CT molecular complexity index is 413. The molecule has 0 bridgehead atoms. The van der Waals surface area contributed by atoms with Crippen LogP contribution >= 0.6 is 0 Å². The molecule has 4 atom stereocenters. The van der Waals surface area contributed by atoms with E-state index in [9.17, 15) is 4.79 Å². The summed E-state index contributed by atoms with van der Waals surface area (Å²) in [5.41, 5.74) is 0.0439. The van der Waals surface area contributed by atoms with Gasteiger partial charge in [-0.15, -0.1) is 0 Å². The van der Waals surface area contributed by atoms with E-state index in [1.54, 1.807) is 6.08 Å². The van der Waals surface area contributed by atoms with Crippen LogP contribution in [0.1, 0.15) is 47.0 Å². The van der Waals surface area contributed by atoms with Crippen molar-refractivity contribution in [2.75, 3.05) is 14.1 Å². The van der Waals surface area contributed by atoms with Gasteiger partial charge in [-0.1, -0.05) is 26.8 Å². The molecular weight excluding hydrogens is 250 g/mol. The molecule has 0 radical (unpaired) electrons. The molecule has 114 valence electrons. The largest absolute Gasteiger partial charge is 0.366 e. The Balaban J connectivity index is 2.23. The number of carbonyl (C=O) groups is 1. The highest BCUT2D eigenvalue weighted by atomic mass is 16.6. The van der Waals surface area contributed by atoms with Gasteiger partial charge in [0, 0.05) is 12.0 Å². The number of fused-ring (bicyclic) bond motifs is 1. The van der Waals surface area contributed by atoms with Crippen molar-refractivity contribution in [1.29, 1.82) is 0 Å². The first-order chi connectivity index (χ1) is 9.15. The quantitative estimate of drug-likeness (QED) is 0.692. The molecule has 3 heteroatoms. The molecule has 1 saturated heterocycles. The van der Waals surface area contributed by atoms with E-state index in [2.05, 4.69) is 52.8 Å². The Morgan fingerprint density at radius 2 is 1.95 bits per heavy atom. The maximum absolute atomic E-state index is 12.4. The Morgan fingerprint density at radius 3 is 2.55 bits per heavy atom. The fourth-order valence-electron chi connectivity index (χ4n) is 3.35. The molecule has 3 nitrogen and oxygen atoms in total. The van der Waals surface area contributed by atoms with Crippen molar-refractivity contribution in [1.82, 2.24) is 4.90 Å². The van der Waals surface area contributed by atoms with Gasteiger partial charge in [0.05, 0.1) is 11.7 Å². The van der Waals surface area contributed by atoms with Gasteiger partial charge in [0.1, 0.15) is 0 Å². The maximum Gasteiger partial charge on any atom is 0.159 e. The minimum absolute atomic E-state index is 0.0203. The third kappa shape index (κ3) is 3.32. The lowest BCUT2D eigenvalue weighted by atomic mass is 9.84. The summed E-state index contributed by atoms with van der Waals surface area (Å²) in [5, 5.41) is 0. The van der Waals surface area contributed by atoms with E-state index in [1.165, 1.54) is 0 Å². The van der Waals surface area contributed by atoms with Crippen molar-refractivity contribution < 1.29 is 9.53 Å². The normalized spacial score (nSPS) is 42.8. The molecule has 1 aliphatic carbocycles. The van der Waals surface area contributed by atoms with Gasteiger partial charge in [-0.05, 0) is 51.8 Å². The van der Waals surface area contributed by atoms with E-state index in [4.69, 9.17) is 4.74 Å². The summed E-state index contributed by atoms with van der Waals surface area (Å²) in [6.07, 6.45) is 7.26. The van der Waals surface area contributed by atoms with Crippen LogP contribution in [0.15, 0.2) is 12.2 Å². The standard InChI is InChI=1S/C17H29NO2/c1-12-13(18(5)6)7-10-17(4)15(20-17)11-16(2,3)9-8-14(12)19/h8-9,12-13,15H,7,10-11H2,1-6H3/b9-8+/t12-,13-,15-,17-/m1/s1. The van der Waals surface area contributed by atoms with Crippen molar-refractivity contribution in [3.05, 3.63) is 12.2 Å². The lowest BCUT2D eigenvalue weighted by molar-refractivity contribution is -0.119. The minimum Gasteiger partial charge on any atom is -0.366 e. The van der Waals surface area contributed by atoms with Crippen LogP contribution in [0.2, 0.25) is 0 Å². The molecule has 0 amide bonds. The highest BCUT2D eigenvalue weighted by molar-refractivity contribution is 5.92. The zero-order valence-corrected chi connectivity index (χ0v) is 13.8. The topological polar surface area (TPSA) is 32.8 Å². The molecule has 0 aromatic heterocycles. The number of epoxide rings is 1. The maximum atomic E-state index is 12.4. The number of ether oxygens (including phenoxy) is 1. The van der Waals surface area contributed by atoms with Gasteiger partial charge >= 0.3 is 0 Å². The third-order valence-electron chi connectivity index (χ3n) is 5.07.